The Balaban J connectivity index is 2.13. The van der Waals surface area contributed by atoms with E-state index in [0.29, 0.717) is 17.2 Å². The van der Waals surface area contributed by atoms with Crippen LogP contribution in [0.4, 0.5) is 5.69 Å². The van der Waals surface area contributed by atoms with Crippen LogP contribution in [0, 0.1) is 0 Å². The number of esters is 1. The number of aryl methyl sites for hydroxylation is 2. The van der Waals surface area contributed by atoms with Crippen LogP contribution in [0.15, 0.2) is 6.20 Å². The smallest absolute Gasteiger partial charge is 0.350 e. The molecule has 4 nitrogen and oxygen atoms in total. The fraction of sp³-hybridized carbons (Fsp3) is 0.500. The van der Waals surface area contributed by atoms with Crippen LogP contribution in [0.5, 0.6) is 0 Å². The van der Waals surface area contributed by atoms with E-state index in [2.05, 4.69) is 4.98 Å². The summed E-state index contributed by atoms with van der Waals surface area (Å²) in [5.74, 6) is -0.336. The molecule has 0 atom stereocenters. The number of carbonyl (C=O) groups excluding carboxylic acids is 1. The third-order valence-corrected chi connectivity index (χ3v) is 5.13. The second-order valence-electron chi connectivity index (χ2n) is 5.42. The second kappa shape index (κ2) is 6.02. The van der Waals surface area contributed by atoms with Crippen LogP contribution in [-0.2, 0) is 17.6 Å². The Bertz CT molecular complexity index is 678. The van der Waals surface area contributed by atoms with Gasteiger partial charge in [-0.15, -0.1) is 11.3 Å². The summed E-state index contributed by atoms with van der Waals surface area (Å²) in [7, 11) is 0. The molecular weight excluding hydrogens is 284 g/mol. The van der Waals surface area contributed by atoms with Crippen molar-refractivity contribution in [2.24, 2.45) is 0 Å². The van der Waals surface area contributed by atoms with Gasteiger partial charge in [-0.05, 0) is 43.7 Å². The Kier molecular flexibility index (Phi) is 4.10. The lowest BCUT2D eigenvalue weighted by molar-refractivity contribution is 0.0533. The summed E-state index contributed by atoms with van der Waals surface area (Å²) in [5, 5.41) is 0.988. The van der Waals surface area contributed by atoms with Crippen LogP contribution in [0.1, 0.15) is 53.4 Å². The predicted molar refractivity (Wildman–Crippen MR) is 85.9 cm³/mol. The SMILES string of the molecule is CCOC(=O)c1sc2ncc3c(c2c1N)CCCCCC3. The molecular formula is C16H20N2O2S. The van der Waals surface area contributed by atoms with E-state index in [1.807, 2.05) is 6.20 Å². The van der Waals surface area contributed by atoms with E-state index < -0.39 is 0 Å². The van der Waals surface area contributed by atoms with E-state index in [0.717, 1.165) is 23.1 Å². The number of rotatable bonds is 2. The Morgan fingerprint density at radius 1 is 1.33 bits per heavy atom. The van der Waals surface area contributed by atoms with E-state index in [4.69, 9.17) is 10.5 Å². The number of nitrogen functional groups attached to an aromatic ring is 1. The fourth-order valence-electron chi connectivity index (χ4n) is 3.01. The zero-order valence-electron chi connectivity index (χ0n) is 12.3. The third kappa shape index (κ3) is 2.62. The highest BCUT2D eigenvalue weighted by Crippen LogP contribution is 2.38. The topological polar surface area (TPSA) is 65.2 Å². The Hall–Kier alpha value is -1.62. The molecule has 0 bridgehead atoms. The first-order valence-corrected chi connectivity index (χ1v) is 8.40. The monoisotopic (exact) mass is 304 g/mol. The maximum absolute atomic E-state index is 12.0. The fourth-order valence-corrected chi connectivity index (χ4v) is 4.00. The molecule has 0 aromatic carbocycles. The molecule has 0 radical (unpaired) electrons. The Morgan fingerprint density at radius 2 is 2.10 bits per heavy atom. The molecule has 3 rings (SSSR count). The van der Waals surface area contributed by atoms with Crippen molar-refractivity contribution in [1.29, 1.82) is 0 Å². The van der Waals surface area contributed by atoms with Gasteiger partial charge < -0.3 is 10.5 Å². The van der Waals surface area contributed by atoms with Gasteiger partial charge in [0.05, 0.1) is 12.3 Å². The molecule has 1 aliphatic carbocycles. The van der Waals surface area contributed by atoms with E-state index in [1.54, 1.807) is 6.92 Å². The molecule has 0 amide bonds. The molecule has 0 saturated carbocycles. The van der Waals surface area contributed by atoms with E-state index in [-0.39, 0.29) is 5.97 Å². The number of aromatic nitrogens is 1. The minimum atomic E-state index is -0.336. The average Bonchev–Trinajstić information content (AvgIpc) is 2.77. The van der Waals surface area contributed by atoms with Gasteiger partial charge in [-0.1, -0.05) is 12.8 Å². The molecule has 0 fully saturated rings. The van der Waals surface area contributed by atoms with Crippen molar-refractivity contribution in [3.8, 4) is 0 Å². The van der Waals surface area contributed by atoms with Crippen molar-refractivity contribution in [1.82, 2.24) is 4.98 Å². The maximum atomic E-state index is 12.0. The third-order valence-electron chi connectivity index (χ3n) is 4.04. The van der Waals surface area contributed by atoms with Crippen molar-refractivity contribution in [3.63, 3.8) is 0 Å². The minimum Gasteiger partial charge on any atom is -0.462 e. The van der Waals surface area contributed by atoms with Gasteiger partial charge in [0.2, 0.25) is 0 Å². The molecule has 112 valence electrons. The number of thiophene rings is 1. The number of nitrogens with two attached hydrogens (primary N) is 1. The van der Waals surface area contributed by atoms with Gasteiger partial charge in [-0.2, -0.15) is 0 Å². The minimum absolute atomic E-state index is 0.336. The molecule has 0 spiro atoms. The summed E-state index contributed by atoms with van der Waals surface area (Å²) in [6.07, 6.45) is 8.97. The van der Waals surface area contributed by atoms with E-state index in [9.17, 15) is 4.79 Å². The van der Waals surface area contributed by atoms with Crippen molar-refractivity contribution in [2.75, 3.05) is 12.3 Å². The molecule has 21 heavy (non-hydrogen) atoms. The van der Waals surface area contributed by atoms with Gasteiger partial charge in [-0.3, -0.25) is 0 Å². The number of anilines is 1. The van der Waals surface area contributed by atoms with Gasteiger partial charge in [0.25, 0.3) is 0 Å². The zero-order valence-corrected chi connectivity index (χ0v) is 13.1. The van der Waals surface area contributed by atoms with Gasteiger partial charge in [0.1, 0.15) is 9.71 Å². The van der Waals surface area contributed by atoms with Crippen molar-refractivity contribution >= 4 is 33.2 Å². The summed E-state index contributed by atoms with van der Waals surface area (Å²) in [4.78, 5) is 17.9. The van der Waals surface area contributed by atoms with Crippen LogP contribution in [0.25, 0.3) is 10.2 Å². The average molecular weight is 304 g/mol. The quantitative estimate of drug-likeness (QED) is 0.859. The van der Waals surface area contributed by atoms with Crippen LogP contribution in [-0.4, -0.2) is 17.6 Å². The summed E-state index contributed by atoms with van der Waals surface area (Å²) in [5.41, 5.74) is 9.40. The standard InChI is InChI=1S/C16H20N2O2S/c1-2-20-16(19)14-13(17)12-11-8-6-4-3-5-7-10(11)9-18-15(12)21-14/h9H,2-8,17H2,1H3. The summed E-state index contributed by atoms with van der Waals surface area (Å²) >= 11 is 1.35. The van der Waals surface area contributed by atoms with Crippen LogP contribution in [0.3, 0.4) is 0 Å². The van der Waals surface area contributed by atoms with E-state index in [1.165, 1.54) is 48.1 Å². The molecule has 2 aromatic heterocycles. The lowest BCUT2D eigenvalue weighted by Crippen LogP contribution is -2.06. The maximum Gasteiger partial charge on any atom is 0.350 e. The van der Waals surface area contributed by atoms with Gasteiger partial charge in [-0.25, -0.2) is 9.78 Å². The number of hydrogen-bond donors (Lipinski definition) is 1. The van der Waals surface area contributed by atoms with Crippen molar-refractivity contribution in [3.05, 3.63) is 22.2 Å². The van der Waals surface area contributed by atoms with Crippen LogP contribution >= 0.6 is 11.3 Å². The van der Waals surface area contributed by atoms with Crippen molar-refractivity contribution < 1.29 is 9.53 Å². The summed E-state index contributed by atoms with van der Waals surface area (Å²) in [6.45, 7) is 2.16. The van der Waals surface area contributed by atoms with Crippen molar-refractivity contribution in [2.45, 2.75) is 45.4 Å². The number of ether oxygens (including phenoxy) is 1. The largest absolute Gasteiger partial charge is 0.462 e. The van der Waals surface area contributed by atoms with Crippen LogP contribution < -0.4 is 5.73 Å². The first-order chi connectivity index (χ1) is 10.2. The summed E-state index contributed by atoms with van der Waals surface area (Å²) in [6, 6.07) is 0. The Morgan fingerprint density at radius 3 is 2.86 bits per heavy atom. The molecule has 2 heterocycles. The highest BCUT2D eigenvalue weighted by molar-refractivity contribution is 7.21. The Labute approximate surface area is 128 Å². The number of nitrogens with zero attached hydrogens (tertiary/aromatic N) is 1. The lowest BCUT2D eigenvalue weighted by atomic mass is 9.92. The first kappa shape index (κ1) is 14.3. The van der Waals surface area contributed by atoms with Gasteiger partial charge >= 0.3 is 5.97 Å². The highest BCUT2D eigenvalue weighted by Gasteiger charge is 2.22. The number of hydrogen-bond acceptors (Lipinski definition) is 5. The number of fused-ring (bicyclic) bond motifs is 3. The van der Waals surface area contributed by atoms with E-state index >= 15 is 0 Å². The number of pyridine rings is 1. The summed E-state index contributed by atoms with van der Waals surface area (Å²) < 4.78 is 5.09. The molecule has 2 N–H and O–H groups in total. The number of carbonyl (C=O) groups is 1. The van der Waals surface area contributed by atoms with Gasteiger partial charge in [0, 0.05) is 11.6 Å². The molecule has 5 heteroatoms. The predicted octanol–water partition coefficient (Wildman–Crippen LogP) is 3.71. The molecule has 0 aliphatic heterocycles. The molecule has 1 aliphatic rings. The normalized spacial score (nSPS) is 15.3. The highest BCUT2D eigenvalue weighted by atomic mass is 32.1. The molecule has 0 unspecified atom stereocenters. The molecule has 2 aromatic rings. The zero-order chi connectivity index (χ0) is 14.8. The second-order valence-corrected chi connectivity index (χ2v) is 6.42. The lowest BCUT2D eigenvalue weighted by Gasteiger charge is -2.14. The molecule has 0 saturated heterocycles. The first-order valence-electron chi connectivity index (χ1n) is 7.58. The van der Waals surface area contributed by atoms with Gasteiger partial charge in [0.15, 0.2) is 0 Å². The van der Waals surface area contributed by atoms with Crippen LogP contribution in [0.2, 0.25) is 0 Å².